The van der Waals surface area contributed by atoms with Gasteiger partial charge in [-0.15, -0.1) is 0 Å². The quantitative estimate of drug-likeness (QED) is 0.0190. The Morgan fingerprint density at radius 1 is 0.750 bits per heavy atom. The molecule has 0 saturated carbocycles. The van der Waals surface area contributed by atoms with Gasteiger partial charge in [0.15, 0.2) is 12.2 Å². The molecule has 96 heavy (non-hydrogen) atoms. The molecule has 0 radical (unpaired) electrons. The van der Waals surface area contributed by atoms with E-state index in [9.17, 15) is 78.3 Å². The second kappa shape index (κ2) is 38.2. The third-order valence-corrected chi connectivity index (χ3v) is 17.3. The number of likely N-dealkylation sites (tertiary alicyclic amines) is 1. The van der Waals surface area contributed by atoms with E-state index in [1.54, 1.807) is 51.1 Å². The lowest BCUT2D eigenvalue weighted by Crippen LogP contribution is -2.61. The normalized spacial score (nSPS) is 25.2. The van der Waals surface area contributed by atoms with E-state index in [1.165, 1.54) is 24.3 Å². The number of ether oxygens (including phenoxy) is 3. The van der Waals surface area contributed by atoms with E-state index >= 15 is 4.79 Å². The molecule has 3 saturated heterocycles. The van der Waals surface area contributed by atoms with Gasteiger partial charge in [-0.1, -0.05) is 64.1 Å². The summed E-state index contributed by atoms with van der Waals surface area (Å²) in [7, 11) is 1.78. The molecule has 35 nitrogen and oxygen atoms in total. The molecule has 3 aliphatic heterocycles. The highest BCUT2D eigenvalue weighted by atomic mass is 33.1. The molecule has 2 aromatic rings. The van der Waals surface area contributed by atoms with Gasteiger partial charge in [0.2, 0.25) is 65.0 Å². The third-order valence-electron chi connectivity index (χ3n) is 14.8. The first-order chi connectivity index (χ1) is 45.4. The molecule has 3 fully saturated rings. The van der Waals surface area contributed by atoms with Gasteiger partial charge in [0.05, 0.1) is 26.2 Å². The first-order valence-electron chi connectivity index (χ1n) is 30.7. The lowest BCUT2D eigenvalue weighted by molar-refractivity contribution is -0.300. The number of phenolic OH excluding ortho intramolecular Hbond substituents is 1. The van der Waals surface area contributed by atoms with Crippen LogP contribution < -0.4 is 70.8 Å². The summed E-state index contributed by atoms with van der Waals surface area (Å²) in [5, 5.41) is 72.7. The van der Waals surface area contributed by atoms with Gasteiger partial charge in [0, 0.05) is 50.4 Å². The number of alkyl carbamates (subject to hydrolysis) is 1. The van der Waals surface area contributed by atoms with Crippen molar-refractivity contribution in [2.24, 2.45) is 27.9 Å². The Bertz CT molecular complexity index is 3060. The molecule has 0 unspecified atom stereocenters. The van der Waals surface area contributed by atoms with Crippen LogP contribution in [0.2, 0.25) is 0 Å². The number of nitrogens with zero attached hydrogens (tertiary/aromatic N) is 2. The molecule has 37 heteroatoms. The van der Waals surface area contributed by atoms with E-state index in [0.29, 0.717) is 11.1 Å². The maximum absolute atomic E-state index is 15.0. The Morgan fingerprint density at radius 3 is 1.98 bits per heavy atom. The first kappa shape index (κ1) is 78.1. The van der Waals surface area contributed by atoms with Gasteiger partial charge in [-0.3, -0.25) is 57.7 Å². The number of aliphatic hydroxyl groups excluding tert-OH is 4. The Labute approximate surface area is 559 Å². The van der Waals surface area contributed by atoms with E-state index < -0.39 is 194 Å². The van der Waals surface area contributed by atoms with Gasteiger partial charge in [-0.25, -0.2) is 4.79 Å². The van der Waals surface area contributed by atoms with Crippen molar-refractivity contribution in [3.8, 4) is 5.75 Å². The fraction of sp³-hybridized carbons (Fsp3) is 0.576. The summed E-state index contributed by atoms with van der Waals surface area (Å²) in [6.45, 7) is 2.77. The Hall–Kier alpha value is -8.59. The molecule has 3 heterocycles. The molecule has 2 aromatic carbocycles. The molecular weight excluding hydrogens is 1300 g/mol. The number of aliphatic hydroxyl groups is 4. The largest absolute Gasteiger partial charge is 0.508 e. The predicted octanol–water partition coefficient (Wildman–Crippen LogP) is -6.39. The number of aromatic hydroxyl groups is 1. The number of hydrogen-bond donors (Lipinski definition) is 18. The van der Waals surface area contributed by atoms with Gasteiger partial charge < -0.3 is 115 Å². The molecular formula is C59H87N15O20S2. The minimum Gasteiger partial charge on any atom is -0.508 e. The summed E-state index contributed by atoms with van der Waals surface area (Å²) in [5.74, 6) is -11.7. The molecule has 0 spiro atoms. The second-order valence-electron chi connectivity index (χ2n) is 23.6. The molecule has 530 valence electrons. The van der Waals surface area contributed by atoms with Crippen LogP contribution in [0.4, 0.5) is 4.79 Å². The van der Waals surface area contributed by atoms with E-state index in [1.807, 2.05) is 0 Å². The maximum Gasteiger partial charge on any atom is 0.408 e. The predicted molar refractivity (Wildman–Crippen MR) is 344 cm³/mol. The highest BCUT2D eigenvalue weighted by Gasteiger charge is 2.45. The van der Waals surface area contributed by atoms with Gasteiger partial charge in [-0.2, -0.15) is 0 Å². The Balaban J connectivity index is 1.46. The molecule has 5 rings (SSSR count). The zero-order chi connectivity index (χ0) is 70.8. The number of rotatable bonds is 25. The summed E-state index contributed by atoms with van der Waals surface area (Å²) < 4.78 is 16.2. The van der Waals surface area contributed by atoms with E-state index in [0.717, 1.165) is 26.5 Å². The van der Waals surface area contributed by atoms with E-state index in [4.69, 9.17) is 37.1 Å². The average Bonchev–Trinajstić information content (AvgIpc) is 1.63. The van der Waals surface area contributed by atoms with Crippen LogP contribution in [0.3, 0.4) is 0 Å². The van der Waals surface area contributed by atoms with Crippen LogP contribution in [0.25, 0.3) is 0 Å². The van der Waals surface area contributed by atoms with Crippen LogP contribution in [-0.2, 0) is 79.8 Å². The number of carbonyl (C=O) groups is 12. The highest BCUT2D eigenvalue weighted by molar-refractivity contribution is 8.76. The number of carbonyl (C=O) groups excluding carboxylic acids is 12. The van der Waals surface area contributed by atoms with Crippen LogP contribution in [0.5, 0.6) is 5.75 Å². The molecule has 13 atom stereocenters. The van der Waals surface area contributed by atoms with Crippen LogP contribution >= 0.6 is 21.6 Å². The maximum atomic E-state index is 15.0. The molecule has 0 bridgehead atoms. The zero-order valence-electron chi connectivity index (χ0n) is 53.1. The minimum absolute atomic E-state index is 0.00171. The third kappa shape index (κ3) is 25.9. The van der Waals surface area contributed by atoms with Gasteiger partial charge in [-0.05, 0) is 76.1 Å². The lowest BCUT2D eigenvalue weighted by atomic mass is 9.99. The van der Waals surface area contributed by atoms with E-state index in [-0.39, 0.29) is 82.2 Å². The van der Waals surface area contributed by atoms with Crippen molar-refractivity contribution in [2.75, 3.05) is 50.9 Å². The summed E-state index contributed by atoms with van der Waals surface area (Å²) in [6.07, 6.45) is -11.0. The number of nitrogens with one attached hydrogen (secondary N) is 9. The number of hydrogen-bond acceptors (Lipinski definition) is 23. The monoisotopic (exact) mass is 1390 g/mol. The smallest absolute Gasteiger partial charge is 0.408 e. The van der Waals surface area contributed by atoms with Crippen molar-refractivity contribution in [3.05, 3.63) is 65.7 Å². The van der Waals surface area contributed by atoms with Crippen molar-refractivity contribution < 1.29 is 97.3 Å². The number of phenols is 1. The van der Waals surface area contributed by atoms with Crippen molar-refractivity contribution in [3.63, 3.8) is 0 Å². The van der Waals surface area contributed by atoms with Crippen molar-refractivity contribution in [1.29, 1.82) is 0 Å². The fourth-order valence-electron chi connectivity index (χ4n) is 9.97. The minimum atomic E-state index is -1.89. The summed E-state index contributed by atoms with van der Waals surface area (Å²) in [5.41, 5.74) is 22.0. The molecule has 0 aliphatic carbocycles. The van der Waals surface area contributed by atoms with Crippen LogP contribution in [-0.4, -0.2) is 243 Å². The van der Waals surface area contributed by atoms with Crippen LogP contribution in [0.1, 0.15) is 76.8 Å². The van der Waals surface area contributed by atoms with E-state index in [2.05, 4.69) is 52.8 Å². The van der Waals surface area contributed by atoms with Crippen molar-refractivity contribution >= 4 is 98.6 Å². The highest BCUT2D eigenvalue weighted by Crippen LogP contribution is 2.27. The molecule has 0 aromatic heterocycles. The Morgan fingerprint density at radius 2 is 1.35 bits per heavy atom. The fourth-order valence-corrected chi connectivity index (χ4v) is 12.3. The average molecular weight is 1390 g/mol. The summed E-state index contributed by atoms with van der Waals surface area (Å²) >= 11 is 0. The summed E-state index contributed by atoms with van der Waals surface area (Å²) in [6, 6.07) is 1.38. The lowest BCUT2D eigenvalue weighted by Gasteiger charge is -2.39. The number of guanidine groups is 1. The number of benzene rings is 2. The number of aliphatic imine (C=N–C) groups is 1. The van der Waals surface area contributed by atoms with Gasteiger partial charge in [0.1, 0.15) is 84.1 Å². The summed E-state index contributed by atoms with van der Waals surface area (Å²) in [4.78, 5) is 172. The van der Waals surface area contributed by atoms with Gasteiger partial charge in [0.25, 0.3) is 0 Å². The standard InChI is InChI=1S/C59H87N15O20S2/c1-59(2,3)94-58(91)73-38-28-95-96-29-39(55(90)74-21-8-12-40(74)54(89)68-33(11-7-19-65-57(62)63)48(83)66-26-44(79)64-20-22-92-56-47(82)46(81)45(80)41(27-75)93-56)72-52(87)37(25-43(61)78)71-49(84)34(17-18-42(60)77)67-50(85)35(23-30-9-5-4-6-10-30)69-51(86)36(70-53(38)88)24-31-13-15-32(76)16-14-31/h4-6,9-10,13-16,33-41,45-47,56,75-76,80-82H,7-8,11-12,17-29H2,1-3H3,(H2,60,77)(H2,61,78)(H,64,79)(H,66,83)(H,67,85)(H,68,89)(H,69,86)(H,70,88)(H,71,84)(H,72,87)(H,73,91)(H4,62,63,65)/t33-,34-,35-,36-,37-,38-,39-,40-,41+,45+,46-,47+,56+/m0/s1. The SMILES string of the molecule is CC(C)(C)OC(=O)N[C@H]1CSSC[C@@H](C(=O)N2CCC[C@H]2C(=O)N[C@@H](CCCN=C(N)N)C(=O)NCC(=O)NCCO[C@@H]2O[C@H](CO)[C@@H](O)[C@H](O)[C@H]2O)NC(=O)[C@H](CC(N)=O)NC(=O)[C@H](CCC(N)=O)NC(=O)[C@H](Cc2ccccc2)NC(=O)[C@H](Cc2ccc(O)cc2)NC1=O. The Kier molecular flexibility index (Phi) is 31.1. The van der Waals surface area contributed by atoms with Gasteiger partial charge >= 0.3 is 6.09 Å². The van der Waals surface area contributed by atoms with Crippen LogP contribution in [0, 0.1) is 0 Å². The number of amides is 12. The van der Waals surface area contributed by atoms with Crippen LogP contribution in [0.15, 0.2) is 59.6 Å². The first-order valence-corrected chi connectivity index (χ1v) is 33.2. The topological polar surface area (TPSA) is 562 Å². The zero-order valence-corrected chi connectivity index (χ0v) is 54.7. The second-order valence-corrected chi connectivity index (χ2v) is 26.2. The number of primary amides is 2. The molecule has 22 N–H and O–H groups in total. The van der Waals surface area contributed by atoms with Crippen molar-refractivity contribution in [1.82, 2.24) is 52.8 Å². The van der Waals surface area contributed by atoms with Crippen molar-refractivity contribution in [2.45, 2.75) is 163 Å². The molecule has 3 aliphatic rings. The molecule has 12 amide bonds. The number of nitrogens with two attached hydrogens (primary N) is 4.